The van der Waals surface area contributed by atoms with Gasteiger partial charge < -0.3 is 0 Å². The molecule has 0 unspecified atom stereocenters. The molecule has 62 valence electrons. The van der Waals surface area contributed by atoms with Gasteiger partial charge in [-0.15, -0.1) is 11.3 Å². The summed E-state index contributed by atoms with van der Waals surface area (Å²) in [5.41, 5.74) is 0.834. The average molecular weight is 199 g/mol. The fraction of sp³-hybridized carbons (Fsp3) is 0.250. The van der Waals surface area contributed by atoms with Crippen LogP contribution < -0.4 is 0 Å². The standard InChI is InChI=1S/C8H7ClN2S/c1-2-6-11-7-5(12-6)3-4-10-8(7)9/h3-4H,2H2,1H3. The van der Waals surface area contributed by atoms with E-state index in [0.29, 0.717) is 5.15 Å². The first-order valence-corrected chi connectivity index (χ1v) is 4.90. The number of aromatic nitrogens is 2. The van der Waals surface area contributed by atoms with Crippen LogP contribution in [0.15, 0.2) is 12.3 Å². The van der Waals surface area contributed by atoms with Gasteiger partial charge in [0, 0.05) is 6.20 Å². The van der Waals surface area contributed by atoms with Crippen molar-refractivity contribution < 1.29 is 0 Å². The zero-order valence-corrected chi connectivity index (χ0v) is 8.11. The van der Waals surface area contributed by atoms with Crippen LogP contribution in [0.1, 0.15) is 11.9 Å². The van der Waals surface area contributed by atoms with Gasteiger partial charge in [0.25, 0.3) is 0 Å². The summed E-state index contributed by atoms with van der Waals surface area (Å²) in [7, 11) is 0. The lowest BCUT2D eigenvalue weighted by Gasteiger charge is -1.87. The maximum atomic E-state index is 5.86. The molecule has 0 N–H and O–H groups in total. The average Bonchev–Trinajstić information content (AvgIpc) is 2.49. The maximum Gasteiger partial charge on any atom is 0.156 e. The quantitative estimate of drug-likeness (QED) is 0.659. The number of hydrogen-bond donors (Lipinski definition) is 0. The topological polar surface area (TPSA) is 25.8 Å². The van der Waals surface area contributed by atoms with E-state index in [2.05, 4.69) is 16.9 Å². The van der Waals surface area contributed by atoms with Gasteiger partial charge in [-0.05, 0) is 12.5 Å². The van der Waals surface area contributed by atoms with E-state index in [1.807, 2.05) is 6.07 Å². The summed E-state index contributed by atoms with van der Waals surface area (Å²) < 4.78 is 1.12. The number of rotatable bonds is 1. The van der Waals surface area contributed by atoms with Gasteiger partial charge in [-0.3, -0.25) is 0 Å². The Balaban J connectivity index is 2.74. The Labute approximate surface area is 79.2 Å². The zero-order chi connectivity index (χ0) is 8.55. The van der Waals surface area contributed by atoms with Crippen LogP contribution in [0.2, 0.25) is 5.15 Å². The number of aryl methyl sites for hydroxylation is 1. The molecule has 0 aromatic carbocycles. The van der Waals surface area contributed by atoms with E-state index in [9.17, 15) is 0 Å². The predicted molar refractivity (Wildman–Crippen MR) is 51.8 cm³/mol. The van der Waals surface area contributed by atoms with Gasteiger partial charge in [0.15, 0.2) is 5.15 Å². The second-order valence-corrected chi connectivity index (χ2v) is 3.88. The van der Waals surface area contributed by atoms with Crippen molar-refractivity contribution in [3.05, 3.63) is 22.4 Å². The van der Waals surface area contributed by atoms with E-state index in [4.69, 9.17) is 11.6 Å². The van der Waals surface area contributed by atoms with Gasteiger partial charge in [0.05, 0.1) is 9.71 Å². The molecule has 0 aliphatic heterocycles. The van der Waals surface area contributed by atoms with Crippen molar-refractivity contribution in [2.24, 2.45) is 0 Å². The van der Waals surface area contributed by atoms with Crippen molar-refractivity contribution in [2.45, 2.75) is 13.3 Å². The molecule has 0 aliphatic carbocycles. The van der Waals surface area contributed by atoms with Crippen LogP contribution in [0.5, 0.6) is 0 Å². The maximum absolute atomic E-state index is 5.86. The number of nitrogens with zero attached hydrogens (tertiary/aromatic N) is 2. The number of halogens is 1. The Hall–Kier alpha value is -0.670. The molecule has 0 atom stereocenters. The predicted octanol–water partition coefficient (Wildman–Crippen LogP) is 2.91. The summed E-state index contributed by atoms with van der Waals surface area (Å²) in [6.45, 7) is 2.08. The van der Waals surface area contributed by atoms with Crippen molar-refractivity contribution >= 4 is 33.2 Å². The smallest absolute Gasteiger partial charge is 0.156 e. The molecule has 0 spiro atoms. The number of pyridine rings is 1. The third-order valence-electron chi connectivity index (χ3n) is 1.61. The van der Waals surface area contributed by atoms with E-state index >= 15 is 0 Å². The Morgan fingerprint density at radius 2 is 2.42 bits per heavy atom. The number of thiazole rings is 1. The van der Waals surface area contributed by atoms with Gasteiger partial charge >= 0.3 is 0 Å². The Bertz CT molecular complexity index is 410. The minimum absolute atomic E-state index is 0.503. The van der Waals surface area contributed by atoms with Crippen molar-refractivity contribution in [3.8, 4) is 0 Å². The first-order valence-electron chi connectivity index (χ1n) is 3.71. The van der Waals surface area contributed by atoms with Crippen LogP contribution >= 0.6 is 22.9 Å². The second-order valence-electron chi connectivity index (χ2n) is 2.41. The van der Waals surface area contributed by atoms with Crippen LogP contribution in [0.3, 0.4) is 0 Å². The molecule has 0 saturated heterocycles. The zero-order valence-electron chi connectivity index (χ0n) is 6.54. The van der Waals surface area contributed by atoms with Crippen molar-refractivity contribution in [1.29, 1.82) is 0 Å². The molecule has 0 bridgehead atoms. The molecule has 12 heavy (non-hydrogen) atoms. The SMILES string of the molecule is CCc1nc2c(Cl)nccc2s1. The van der Waals surface area contributed by atoms with Gasteiger partial charge in [0.2, 0.25) is 0 Å². The molecule has 0 aliphatic rings. The van der Waals surface area contributed by atoms with Gasteiger partial charge in [-0.2, -0.15) is 0 Å². The fourth-order valence-electron chi connectivity index (χ4n) is 1.02. The lowest BCUT2D eigenvalue weighted by atomic mass is 10.4. The Kier molecular flexibility index (Phi) is 1.98. The summed E-state index contributed by atoms with van der Waals surface area (Å²) in [5.74, 6) is 0. The molecule has 0 saturated carbocycles. The van der Waals surface area contributed by atoms with Crippen LogP contribution in [0.25, 0.3) is 10.2 Å². The molecule has 2 aromatic rings. The third-order valence-corrected chi connectivity index (χ3v) is 3.05. The van der Waals surface area contributed by atoms with E-state index in [1.165, 1.54) is 0 Å². The molecule has 0 amide bonds. The van der Waals surface area contributed by atoms with Crippen LogP contribution in [-0.2, 0) is 6.42 Å². The van der Waals surface area contributed by atoms with Crippen molar-refractivity contribution in [3.63, 3.8) is 0 Å². The molecular weight excluding hydrogens is 192 g/mol. The molecule has 2 nitrogen and oxygen atoms in total. The number of fused-ring (bicyclic) bond motifs is 1. The molecule has 2 heterocycles. The van der Waals surface area contributed by atoms with E-state index < -0.39 is 0 Å². The minimum atomic E-state index is 0.503. The highest BCUT2D eigenvalue weighted by Gasteiger charge is 2.05. The van der Waals surface area contributed by atoms with E-state index in [0.717, 1.165) is 21.6 Å². The summed E-state index contributed by atoms with van der Waals surface area (Å²) in [6.07, 6.45) is 2.66. The highest BCUT2D eigenvalue weighted by Crippen LogP contribution is 2.26. The van der Waals surface area contributed by atoms with Crippen LogP contribution in [0, 0.1) is 0 Å². The summed E-state index contributed by atoms with van der Waals surface area (Å²) in [5, 5.41) is 1.61. The molecule has 0 fully saturated rings. The first-order chi connectivity index (χ1) is 5.81. The van der Waals surface area contributed by atoms with Crippen LogP contribution in [0.4, 0.5) is 0 Å². The number of hydrogen-bond acceptors (Lipinski definition) is 3. The molecule has 2 rings (SSSR count). The normalized spacial score (nSPS) is 10.8. The monoisotopic (exact) mass is 198 g/mol. The van der Waals surface area contributed by atoms with Crippen molar-refractivity contribution in [2.75, 3.05) is 0 Å². The Morgan fingerprint density at radius 1 is 1.58 bits per heavy atom. The summed E-state index contributed by atoms with van der Waals surface area (Å²) in [4.78, 5) is 8.32. The largest absolute Gasteiger partial charge is 0.242 e. The summed E-state index contributed by atoms with van der Waals surface area (Å²) in [6, 6.07) is 1.94. The second kappa shape index (κ2) is 2.99. The lowest BCUT2D eigenvalue weighted by molar-refractivity contribution is 1.11. The Morgan fingerprint density at radius 3 is 3.08 bits per heavy atom. The third kappa shape index (κ3) is 1.19. The van der Waals surface area contributed by atoms with E-state index in [1.54, 1.807) is 17.5 Å². The molecule has 4 heteroatoms. The highest BCUT2D eigenvalue weighted by atomic mass is 35.5. The molecule has 2 aromatic heterocycles. The summed E-state index contributed by atoms with van der Waals surface area (Å²) >= 11 is 7.54. The van der Waals surface area contributed by atoms with Gasteiger partial charge in [-0.25, -0.2) is 9.97 Å². The van der Waals surface area contributed by atoms with Crippen molar-refractivity contribution in [1.82, 2.24) is 9.97 Å². The molecular formula is C8H7ClN2S. The highest BCUT2D eigenvalue weighted by molar-refractivity contribution is 7.18. The lowest BCUT2D eigenvalue weighted by Crippen LogP contribution is -1.77. The van der Waals surface area contributed by atoms with Gasteiger partial charge in [0.1, 0.15) is 5.52 Å². The minimum Gasteiger partial charge on any atom is -0.242 e. The van der Waals surface area contributed by atoms with Gasteiger partial charge in [-0.1, -0.05) is 18.5 Å². The van der Waals surface area contributed by atoms with Crippen LogP contribution in [-0.4, -0.2) is 9.97 Å². The fourth-order valence-corrected chi connectivity index (χ4v) is 2.18. The first kappa shape index (κ1) is 7.95. The molecule has 0 radical (unpaired) electrons. The van der Waals surface area contributed by atoms with E-state index in [-0.39, 0.29) is 0 Å².